The second kappa shape index (κ2) is 4.81. The Hall–Kier alpha value is -2.22. The normalized spacial score (nSPS) is 11.8. The van der Waals surface area contributed by atoms with Crippen molar-refractivity contribution in [3.8, 4) is 12.1 Å². The molecule has 100 valence electrons. The summed E-state index contributed by atoms with van der Waals surface area (Å²) in [6, 6.07) is 3.17. The molecule has 0 saturated carbocycles. The number of hydrogen-bond donors (Lipinski definition) is 0. The van der Waals surface area contributed by atoms with E-state index in [0.29, 0.717) is 0 Å². The maximum atomic E-state index is 12.6. The molecule has 0 heterocycles. The van der Waals surface area contributed by atoms with E-state index in [2.05, 4.69) is 0 Å². The van der Waals surface area contributed by atoms with E-state index < -0.39 is 35.5 Å². The zero-order valence-corrected chi connectivity index (χ0v) is 9.02. The summed E-state index contributed by atoms with van der Waals surface area (Å²) in [7, 11) is 0. The molecule has 8 heteroatoms. The third-order valence-electron chi connectivity index (χ3n) is 2.24. The molecule has 0 radical (unpaired) electrons. The monoisotopic (exact) mass is 278 g/mol. The standard InChI is InChI=1S/C11H4F6N2/c12-10(13,14)8-3-6(1-2-18)7(5-19)4-9(8)11(15,16)17/h3-4H,1H2. The summed E-state index contributed by atoms with van der Waals surface area (Å²) < 4.78 is 75.3. The molecule has 19 heavy (non-hydrogen) atoms. The van der Waals surface area contributed by atoms with Gasteiger partial charge in [0, 0.05) is 0 Å². The molecule has 0 N–H and O–H groups in total. The fourth-order valence-electron chi connectivity index (χ4n) is 1.45. The highest BCUT2D eigenvalue weighted by molar-refractivity contribution is 5.47. The fourth-order valence-corrected chi connectivity index (χ4v) is 1.45. The maximum absolute atomic E-state index is 12.6. The Kier molecular flexibility index (Phi) is 3.75. The van der Waals surface area contributed by atoms with Gasteiger partial charge in [-0.3, -0.25) is 0 Å². The van der Waals surface area contributed by atoms with Gasteiger partial charge in [0.1, 0.15) is 0 Å². The van der Waals surface area contributed by atoms with E-state index in [4.69, 9.17) is 10.5 Å². The summed E-state index contributed by atoms with van der Waals surface area (Å²) in [6.07, 6.45) is -11.0. The van der Waals surface area contributed by atoms with Gasteiger partial charge in [-0.15, -0.1) is 0 Å². The molecule has 0 saturated heterocycles. The van der Waals surface area contributed by atoms with E-state index >= 15 is 0 Å². The van der Waals surface area contributed by atoms with Crippen LogP contribution < -0.4 is 0 Å². The van der Waals surface area contributed by atoms with E-state index in [1.165, 1.54) is 12.1 Å². The quantitative estimate of drug-likeness (QED) is 0.736. The van der Waals surface area contributed by atoms with Gasteiger partial charge in [-0.1, -0.05) is 0 Å². The first-order chi connectivity index (χ1) is 8.61. The Morgan fingerprint density at radius 2 is 1.37 bits per heavy atom. The lowest BCUT2D eigenvalue weighted by atomic mass is 9.96. The minimum absolute atomic E-state index is 0.121. The predicted octanol–water partition coefficient (Wildman–Crippen LogP) is 3.66. The largest absolute Gasteiger partial charge is 0.417 e. The van der Waals surface area contributed by atoms with Gasteiger partial charge in [-0.05, 0) is 17.7 Å². The second-order valence-electron chi connectivity index (χ2n) is 3.50. The van der Waals surface area contributed by atoms with Gasteiger partial charge in [-0.2, -0.15) is 36.9 Å². The van der Waals surface area contributed by atoms with E-state index in [1.54, 1.807) is 0 Å². The topological polar surface area (TPSA) is 47.6 Å². The SMILES string of the molecule is N#CCc1cc(C(F)(F)F)c(C(F)(F)F)cc1C#N. The maximum Gasteiger partial charge on any atom is 0.417 e. The molecule has 0 spiro atoms. The van der Waals surface area contributed by atoms with Crippen molar-refractivity contribution in [2.45, 2.75) is 18.8 Å². The number of hydrogen-bond acceptors (Lipinski definition) is 2. The lowest BCUT2D eigenvalue weighted by molar-refractivity contribution is -0.162. The Labute approximate surface area is 103 Å². The third-order valence-corrected chi connectivity index (χ3v) is 2.24. The van der Waals surface area contributed by atoms with Crippen LogP contribution in [-0.4, -0.2) is 0 Å². The number of halogens is 6. The number of nitrogens with zero attached hydrogens (tertiary/aromatic N) is 2. The molecular weight excluding hydrogens is 274 g/mol. The molecule has 0 aliphatic rings. The summed E-state index contributed by atoms with van der Waals surface area (Å²) >= 11 is 0. The zero-order valence-electron chi connectivity index (χ0n) is 9.02. The van der Waals surface area contributed by atoms with Crippen LogP contribution in [0, 0.1) is 22.7 Å². The number of rotatable bonds is 1. The molecule has 0 fully saturated rings. The summed E-state index contributed by atoms with van der Waals surface area (Å²) in [4.78, 5) is 0. The van der Waals surface area contributed by atoms with Gasteiger partial charge in [-0.25, -0.2) is 0 Å². The summed E-state index contributed by atoms with van der Waals surface area (Å²) in [5, 5.41) is 17.0. The van der Waals surface area contributed by atoms with Crippen molar-refractivity contribution >= 4 is 0 Å². The van der Waals surface area contributed by atoms with E-state index in [-0.39, 0.29) is 17.7 Å². The van der Waals surface area contributed by atoms with Crippen LogP contribution in [0.15, 0.2) is 12.1 Å². The fraction of sp³-hybridized carbons (Fsp3) is 0.273. The van der Waals surface area contributed by atoms with Crippen LogP contribution in [-0.2, 0) is 18.8 Å². The van der Waals surface area contributed by atoms with Crippen LogP contribution >= 0.6 is 0 Å². The first-order valence-electron chi connectivity index (χ1n) is 4.69. The number of alkyl halides is 6. The molecule has 0 atom stereocenters. The van der Waals surface area contributed by atoms with Gasteiger partial charge in [0.2, 0.25) is 0 Å². The predicted molar refractivity (Wildman–Crippen MR) is 50.5 cm³/mol. The van der Waals surface area contributed by atoms with Crippen LogP contribution in [0.25, 0.3) is 0 Å². The van der Waals surface area contributed by atoms with Crippen molar-refractivity contribution in [3.05, 3.63) is 34.4 Å². The van der Waals surface area contributed by atoms with Crippen LogP contribution in [0.2, 0.25) is 0 Å². The second-order valence-corrected chi connectivity index (χ2v) is 3.50. The molecular formula is C11H4F6N2. The minimum Gasteiger partial charge on any atom is -0.198 e. The average molecular weight is 278 g/mol. The molecule has 1 rings (SSSR count). The molecule has 2 nitrogen and oxygen atoms in total. The molecule has 0 aromatic heterocycles. The van der Waals surface area contributed by atoms with Crippen molar-refractivity contribution in [1.82, 2.24) is 0 Å². The molecule has 0 bridgehead atoms. The van der Waals surface area contributed by atoms with Gasteiger partial charge in [0.05, 0.1) is 35.2 Å². The smallest absolute Gasteiger partial charge is 0.198 e. The Morgan fingerprint density at radius 1 is 0.895 bits per heavy atom. The van der Waals surface area contributed by atoms with Crippen molar-refractivity contribution in [2.24, 2.45) is 0 Å². The summed E-state index contributed by atoms with van der Waals surface area (Å²) in [5.74, 6) is 0. The van der Waals surface area contributed by atoms with E-state index in [9.17, 15) is 26.3 Å². The molecule has 1 aromatic carbocycles. The highest BCUT2D eigenvalue weighted by atomic mass is 19.4. The van der Waals surface area contributed by atoms with Crippen LogP contribution in [0.1, 0.15) is 22.3 Å². The number of benzene rings is 1. The Balaban J connectivity index is 3.65. The lowest BCUT2D eigenvalue weighted by Gasteiger charge is -2.17. The van der Waals surface area contributed by atoms with Gasteiger partial charge in [0.15, 0.2) is 0 Å². The van der Waals surface area contributed by atoms with Gasteiger partial charge in [0.25, 0.3) is 0 Å². The summed E-state index contributed by atoms with van der Waals surface area (Å²) in [5.41, 5.74) is -4.81. The van der Waals surface area contributed by atoms with Crippen LogP contribution in [0.4, 0.5) is 26.3 Å². The molecule has 0 unspecified atom stereocenters. The molecule has 1 aromatic rings. The van der Waals surface area contributed by atoms with Crippen molar-refractivity contribution < 1.29 is 26.3 Å². The summed E-state index contributed by atoms with van der Waals surface area (Å²) in [6.45, 7) is 0. The Bertz CT molecular complexity index is 571. The Morgan fingerprint density at radius 3 is 1.74 bits per heavy atom. The minimum atomic E-state index is -5.23. The van der Waals surface area contributed by atoms with Gasteiger partial charge >= 0.3 is 12.4 Å². The average Bonchev–Trinajstić information content (AvgIpc) is 2.26. The van der Waals surface area contributed by atoms with Gasteiger partial charge < -0.3 is 0 Å². The van der Waals surface area contributed by atoms with Crippen LogP contribution in [0.5, 0.6) is 0 Å². The van der Waals surface area contributed by atoms with Crippen molar-refractivity contribution in [2.75, 3.05) is 0 Å². The first kappa shape index (κ1) is 14.8. The first-order valence-corrected chi connectivity index (χ1v) is 4.69. The molecule has 0 aliphatic heterocycles. The zero-order chi connectivity index (χ0) is 14.8. The highest BCUT2D eigenvalue weighted by Gasteiger charge is 2.43. The highest BCUT2D eigenvalue weighted by Crippen LogP contribution is 2.41. The number of nitriles is 2. The van der Waals surface area contributed by atoms with Crippen molar-refractivity contribution in [1.29, 1.82) is 10.5 Å². The van der Waals surface area contributed by atoms with E-state index in [0.717, 1.165) is 0 Å². The lowest BCUT2D eigenvalue weighted by Crippen LogP contribution is -2.17. The van der Waals surface area contributed by atoms with Crippen molar-refractivity contribution in [3.63, 3.8) is 0 Å². The third kappa shape index (κ3) is 3.16. The van der Waals surface area contributed by atoms with Crippen LogP contribution in [0.3, 0.4) is 0 Å². The molecule has 0 aliphatic carbocycles. The molecule has 0 amide bonds. The van der Waals surface area contributed by atoms with E-state index in [1.807, 2.05) is 0 Å².